The molecule has 0 heterocycles. The van der Waals surface area contributed by atoms with Crippen molar-refractivity contribution in [2.75, 3.05) is 18.9 Å². The zero-order valence-corrected chi connectivity index (χ0v) is 17.7. The molecular formula is C21H27N3O4S. The van der Waals surface area contributed by atoms with E-state index in [4.69, 9.17) is 0 Å². The van der Waals surface area contributed by atoms with Crippen LogP contribution in [0.2, 0.25) is 0 Å². The van der Waals surface area contributed by atoms with Crippen molar-refractivity contribution in [2.45, 2.75) is 31.7 Å². The molecule has 0 saturated carbocycles. The predicted octanol–water partition coefficient (Wildman–Crippen LogP) is 2.61. The molecule has 0 aliphatic heterocycles. The number of rotatable bonds is 9. The Kier molecular flexibility index (Phi) is 7.92. The highest BCUT2D eigenvalue weighted by molar-refractivity contribution is 7.89. The zero-order valence-electron chi connectivity index (χ0n) is 16.9. The van der Waals surface area contributed by atoms with Gasteiger partial charge in [-0.15, -0.1) is 0 Å². The van der Waals surface area contributed by atoms with E-state index in [1.165, 1.54) is 19.2 Å². The van der Waals surface area contributed by atoms with Gasteiger partial charge in [-0.3, -0.25) is 9.59 Å². The van der Waals surface area contributed by atoms with Gasteiger partial charge >= 0.3 is 0 Å². The Bertz CT molecular complexity index is 943. The second-order valence-corrected chi connectivity index (χ2v) is 9.24. The molecule has 0 fully saturated rings. The normalized spacial score (nSPS) is 11.5. The average Bonchev–Trinajstić information content (AvgIpc) is 2.66. The van der Waals surface area contributed by atoms with Crippen molar-refractivity contribution >= 4 is 27.5 Å². The Morgan fingerprint density at radius 3 is 2.34 bits per heavy atom. The number of nitrogens with one attached hydrogen (secondary N) is 2. The SMILES string of the molecule is CC(C)CC(=O)Nc1cccc(CNC(=O)CN(C)S(=O)(=O)c2ccccc2)c1. The van der Waals surface area contributed by atoms with Crippen molar-refractivity contribution < 1.29 is 18.0 Å². The van der Waals surface area contributed by atoms with Gasteiger partial charge in [-0.25, -0.2) is 8.42 Å². The number of nitrogens with zero attached hydrogens (tertiary/aromatic N) is 1. The molecule has 2 aromatic carbocycles. The Labute approximate surface area is 172 Å². The number of amides is 2. The lowest BCUT2D eigenvalue weighted by atomic mass is 10.1. The molecule has 0 spiro atoms. The van der Waals surface area contributed by atoms with Crippen molar-refractivity contribution in [2.24, 2.45) is 5.92 Å². The second kappa shape index (κ2) is 10.2. The van der Waals surface area contributed by atoms with Crippen LogP contribution in [0.15, 0.2) is 59.5 Å². The highest BCUT2D eigenvalue weighted by atomic mass is 32.2. The molecule has 0 radical (unpaired) electrons. The summed E-state index contributed by atoms with van der Waals surface area (Å²) in [5.41, 5.74) is 1.46. The minimum absolute atomic E-state index is 0.0612. The number of benzene rings is 2. The highest BCUT2D eigenvalue weighted by Gasteiger charge is 2.22. The lowest BCUT2D eigenvalue weighted by molar-refractivity contribution is -0.121. The zero-order chi connectivity index (χ0) is 21.4. The van der Waals surface area contributed by atoms with Crippen LogP contribution in [-0.4, -0.2) is 38.1 Å². The molecule has 29 heavy (non-hydrogen) atoms. The summed E-state index contributed by atoms with van der Waals surface area (Å²) in [5, 5.41) is 5.54. The van der Waals surface area contributed by atoms with Crippen molar-refractivity contribution in [3.8, 4) is 0 Å². The standard InChI is InChI=1S/C21H27N3O4S/c1-16(2)12-20(25)23-18-9-7-8-17(13-18)14-22-21(26)15-24(3)29(27,28)19-10-5-4-6-11-19/h4-11,13,16H,12,14-15H2,1-3H3,(H,22,26)(H,23,25). The number of hydrogen-bond donors (Lipinski definition) is 2. The molecule has 2 aromatic rings. The summed E-state index contributed by atoms with van der Waals surface area (Å²) in [5.74, 6) is -0.211. The quantitative estimate of drug-likeness (QED) is 0.656. The van der Waals surface area contributed by atoms with Crippen molar-refractivity contribution in [1.29, 1.82) is 0 Å². The molecular weight excluding hydrogens is 390 g/mol. The first-order valence-corrected chi connectivity index (χ1v) is 10.8. The first-order valence-electron chi connectivity index (χ1n) is 9.35. The lowest BCUT2D eigenvalue weighted by Gasteiger charge is -2.17. The van der Waals surface area contributed by atoms with Crippen LogP contribution in [0.1, 0.15) is 25.8 Å². The number of anilines is 1. The first kappa shape index (κ1) is 22.6. The highest BCUT2D eigenvalue weighted by Crippen LogP contribution is 2.14. The third kappa shape index (κ3) is 6.99. The first-order chi connectivity index (χ1) is 13.7. The van der Waals surface area contributed by atoms with Crippen molar-refractivity contribution in [1.82, 2.24) is 9.62 Å². The smallest absolute Gasteiger partial charge is 0.243 e. The van der Waals surface area contributed by atoms with E-state index in [2.05, 4.69) is 10.6 Å². The fraction of sp³-hybridized carbons (Fsp3) is 0.333. The maximum Gasteiger partial charge on any atom is 0.243 e. The molecule has 7 nitrogen and oxygen atoms in total. The topological polar surface area (TPSA) is 95.6 Å². The molecule has 2 N–H and O–H groups in total. The summed E-state index contributed by atoms with van der Waals surface area (Å²) >= 11 is 0. The molecule has 8 heteroatoms. The summed E-state index contributed by atoms with van der Waals surface area (Å²) < 4.78 is 26.0. The van der Waals surface area contributed by atoms with E-state index in [0.717, 1.165) is 9.87 Å². The minimum Gasteiger partial charge on any atom is -0.351 e. The van der Waals surface area contributed by atoms with Gasteiger partial charge in [0.05, 0.1) is 11.4 Å². The van der Waals surface area contributed by atoms with E-state index in [0.29, 0.717) is 12.1 Å². The number of sulfonamides is 1. The van der Waals surface area contributed by atoms with Gasteiger partial charge in [0.2, 0.25) is 21.8 Å². The van der Waals surface area contributed by atoms with E-state index >= 15 is 0 Å². The van der Waals surface area contributed by atoms with Gasteiger partial charge in [0, 0.05) is 25.7 Å². The summed E-state index contributed by atoms with van der Waals surface area (Å²) in [7, 11) is -2.35. The van der Waals surface area contributed by atoms with Crippen molar-refractivity contribution in [3.63, 3.8) is 0 Å². The van der Waals surface area contributed by atoms with E-state index in [1.54, 1.807) is 36.4 Å². The van der Waals surface area contributed by atoms with Crippen molar-refractivity contribution in [3.05, 3.63) is 60.2 Å². The number of hydrogen-bond acceptors (Lipinski definition) is 4. The Balaban J connectivity index is 1.90. The van der Waals surface area contributed by atoms with Crippen LogP contribution < -0.4 is 10.6 Å². The largest absolute Gasteiger partial charge is 0.351 e. The van der Waals surface area contributed by atoms with Gasteiger partial charge in [0.25, 0.3) is 0 Å². The maximum absolute atomic E-state index is 12.5. The third-order valence-electron chi connectivity index (χ3n) is 4.11. The van der Waals surface area contributed by atoms with Crippen LogP contribution in [0.5, 0.6) is 0 Å². The van der Waals surface area contributed by atoms with Crippen LogP contribution in [-0.2, 0) is 26.2 Å². The van der Waals surface area contributed by atoms with E-state index in [1.807, 2.05) is 19.9 Å². The van der Waals surface area contributed by atoms with E-state index in [-0.39, 0.29) is 29.8 Å². The Morgan fingerprint density at radius 2 is 1.69 bits per heavy atom. The average molecular weight is 418 g/mol. The molecule has 0 saturated heterocycles. The van der Waals surface area contributed by atoms with Gasteiger partial charge in [0.1, 0.15) is 0 Å². The van der Waals surface area contributed by atoms with Crippen LogP contribution in [0.25, 0.3) is 0 Å². The Morgan fingerprint density at radius 1 is 1.00 bits per heavy atom. The molecule has 0 atom stereocenters. The minimum atomic E-state index is -3.72. The second-order valence-electron chi connectivity index (χ2n) is 7.20. The molecule has 156 valence electrons. The van der Waals surface area contributed by atoms with Crippen LogP contribution >= 0.6 is 0 Å². The molecule has 0 aromatic heterocycles. The molecule has 0 unspecified atom stereocenters. The Hall–Kier alpha value is -2.71. The molecule has 0 aliphatic rings. The van der Waals surface area contributed by atoms with Crippen LogP contribution in [0.4, 0.5) is 5.69 Å². The van der Waals surface area contributed by atoms with Gasteiger partial charge in [-0.1, -0.05) is 44.2 Å². The summed E-state index contributed by atoms with van der Waals surface area (Å²) in [6.45, 7) is 3.88. The van der Waals surface area contributed by atoms with Gasteiger partial charge in [-0.05, 0) is 35.7 Å². The molecule has 2 amide bonds. The van der Waals surface area contributed by atoms with Crippen LogP contribution in [0.3, 0.4) is 0 Å². The summed E-state index contributed by atoms with van der Waals surface area (Å²) in [4.78, 5) is 24.2. The van der Waals surface area contributed by atoms with E-state index in [9.17, 15) is 18.0 Å². The predicted molar refractivity (Wildman–Crippen MR) is 113 cm³/mol. The maximum atomic E-state index is 12.5. The molecule has 2 rings (SSSR count). The monoisotopic (exact) mass is 417 g/mol. The third-order valence-corrected chi connectivity index (χ3v) is 5.93. The fourth-order valence-electron chi connectivity index (χ4n) is 2.66. The molecule has 0 bridgehead atoms. The number of carbonyl (C=O) groups excluding carboxylic acids is 2. The lowest BCUT2D eigenvalue weighted by Crippen LogP contribution is -2.38. The summed E-state index contributed by atoms with van der Waals surface area (Å²) in [6, 6.07) is 15.1. The molecule has 0 aliphatic carbocycles. The summed E-state index contributed by atoms with van der Waals surface area (Å²) in [6.07, 6.45) is 0.434. The fourth-order valence-corrected chi connectivity index (χ4v) is 3.81. The van der Waals surface area contributed by atoms with Gasteiger partial charge in [-0.2, -0.15) is 4.31 Å². The number of likely N-dealkylation sites (N-methyl/N-ethyl adjacent to an activating group) is 1. The van der Waals surface area contributed by atoms with Gasteiger partial charge < -0.3 is 10.6 Å². The number of carbonyl (C=O) groups is 2. The van der Waals surface area contributed by atoms with Gasteiger partial charge in [0.15, 0.2) is 0 Å². The van der Waals surface area contributed by atoms with E-state index < -0.39 is 15.9 Å². The van der Waals surface area contributed by atoms with Crippen LogP contribution in [0, 0.1) is 5.92 Å².